The van der Waals surface area contributed by atoms with Gasteiger partial charge in [-0.25, -0.2) is 4.98 Å². The van der Waals surface area contributed by atoms with Gasteiger partial charge in [-0.1, -0.05) is 27.7 Å². The SMILES string of the molecule is CCCNCC(Cc1cn2ccsc2n1)C(C)(C)C. The summed E-state index contributed by atoms with van der Waals surface area (Å²) in [5, 5.41) is 5.64. The van der Waals surface area contributed by atoms with Crippen molar-refractivity contribution in [3.05, 3.63) is 23.5 Å². The van der Waals surface area contributed by atoms with Crippen LogP contribution in [-0.4, -0.2) is 22.5 Å². The van der Waals surface area contributed by atoms with E-state index in [1.165, 1.54) is 12.1 Å². The molecule has 1 atom stereocenters. The number of thiazole rings is 1. The third-order valence-corrected chi connectivity index (χ3v) is 4.41. The maximum absolute atomic E-state index is 4.71. The van der Waals surface area contributed by atoms with E-state index < -0.39 is 0 Å². The van der Waals surface area contributed by atoms with Crippen LogP contribution in [0.25, 0.3) is 4.96 Å². The summed E-state index contributed by atoms with van der Waals surface area (Å²) < 4.78 is 2.12. The van der Waals surface area contributed by atoms with Crippen molar-refractivity contribution < 1.29 is 0 Å². The molecule has 2 heterocycles. The van der Waals surface area contributed by atoms with Crippen LogP contribution < -0.4 is 5.32 Å². The Kier molecular flexibility index (Phi) is 4.63. The van der Waals surface area contributed by atoms with Crippen LogP contribution in [-0.2, 0) is 6.42 Å². The number of nitrogens with one attached hydrogen (secondary N) is 1. The Morgan fingerprint density at radius 3 is 2.84 bits per heavy atom. The number of fused-ring (bicyclic) bond motifs is 1. The van der Waals surface area contributed by atoms with Gasteiger partial charge < -0.3 is 5.32 Å². The van der Waals surface area contributed by atoms with Crippen molar-refractivity contribution >= 4 is 16.3 Å². The molecule has 0 aliphatic rings. The summed E-state index contributed by atoms with van der Waals surface area (Å²) >= 11 is 1.70. The highest BCUT2D eigenvalue weighted by Gasteiger charge is 2.25. The number of hydrogen-bond donors (Lipinski definition) is 1. The molecule has 0 saturated heterocycles. The summed E-state index contributed by atoms with van der Waals surface area (Å²) in [6, 6.07) is 0. The van der Waals surface area contributed by atoms with E-state index in [9.17, 15) is 0 Å². The molecule has 0 aliphatic heterocycles. The molecule has 0 amide bonds. The van der Waals surface area contributed by atoms with Gasteiger partial charge in [0.2, 0.25) is 0 Å². The van der Waals surface area contributed by atoms with E-state index in [4.69, 9.17) is 4.98 Å². The molecule has 2 aromatic heterocycles. The molecule has 0 spiro atoms. The summed E-state index contributed by atoms with van der Waals surface area (Å²) in [6.45, 7) is 11.4. The lowest BCUT2D eigenvalue weighted by molar-refractivity contribution is 0.230. The Bertz CT molecular complexity index is 478. The highest BCUT2D eigenvalue weighted by atomic mass is 32.1. The molecule has 2 aromatic rings. The number of hydrogen-bond acceptors (Lipinski definition) is 3. The first-order valence-electron chi connectivity index (χ1n) is 7.12. The number of nitrogens with zero attached hydrogens (tertiary/aromatic N) is 2. The fourth-order valence-electron chi connectivity index (χ4n) is 2.26. The van der Waals surface area contributed by atoms with Crippen LogP contribution in [0.15, 0.2) is 17.8 Å². The van der Waals surface area contributed by atoms with Crippen molar-refractivity contribution in [2.75, 3.05) is 13.1 Å². The third-order valence-electron chi connectivity index (χ3n) is 3.64. The van der Waals surface area contributed by atoms with Gasteiger partial charge in [-0.15, -0.1) is 11.3 Å². The van der Waals surface area contributed by atoms with E-state index in [-0.39, 0.29) is 0 Å². The van der Waals surface area contributed by atoms with Gasteiger partial charge in [0, 0.05) is 17.8 Å². The molecule has 19 heavy (non-hydrogen) atoms. The van der Waals surface area contributed by atoms with Gasteiger partial charge in [0.05, 0.1) is 5.69 Å². The van der Waals surface area contributed by atoms with Crippen molar-refractivity contribution in [1.82, 2.24) is 14.7 Å². The molecule has 106 valence electrons. The quantitative estimate of drug-likeness (QED) is 0.819. The van der Waals surface area contributed by atoms with E-state index in [0.717, 1.165) is 24.5 Å². The molecule has 1 unspecified atom stereocenters. The third kappa shape index (κ3) is 3.80. The summed E-state index contributed by atoms with van der Waals surface area (Å²) in [6.07, 6.45) is 6.49. The van der Waals surface area contributed by atoms with Gasteiger partial charge in [0.15, 0.2) is 4.96 Å². The Morgan fingerprint density at radius 1 is 1.42 bits per heavy atom. The minimum Gasteiger partial charge on any atom is -0.316 e. The fourth-order valence-corrected chi connectivity index (χ4v) is 2.98. The minimum atomic E-state index is 0.303. The van der Waals surface area contributed by atoms with E-state index in [1.807, 2.05) is 0 Å². The van der Waals surface area contributed by atoms with Crippen molar-refractivity contribution in [1.29, 1.82) is 0 Å². The van der Waals surface area contributed by atoms with Crippen molar-refractivity contribution in [2.45, 2.75) is 40.5 Å². The summed E-state index contributed by atoms with van der Waals surface area (Å²) in [4.78, 5) is 5.81. The Labute approximate surface area is 120 Å². The zero-order valence-electron chi connectivity index (χ0n) is 12.4. The van der Waals surface area contributed by atoms with Crippen LogP contribution in [0, 0.1) is 11.3 Å². The van der Waals surface area contributed by atoms with Gasteiger partial charge in [-0.2, -0.15) is 0 Å². The molecule has 0 aliphatic carbocycles. The number of aromatic nitrogens is 2. The standard InChI is InChI=1S/C15H25N3S/c1-5-6-16-10-12(15(2,3)4)9-13-11-18-7-8-19-14(18)17-13/h7-8,11-12,16H,5-6,9-10H2,1-4H3. The van der Waals surface area contributed by atoms with Gasteiger partial charge >= 0.3 is 0 Å². The monoisotopic (exact) mass is 279 g/mol. The van der Waals surface area contributed by atoms with Crippen LogP contribution in [0.4, 0.5) is 0 Å². The van der Waals surface area contributed by atoms with Crippen LogP contribution in [0.5, 0.6) is 0 Å². The molecule has 4 heteroatoms. The number of imidazole rings is 1. The lowest BCUT2D eigenvalue weighted by Crippen LogP contribution is -2.33. The zero-order valence-corrected chi connectivity index (χ0v) is 13.3. The largest absolute Gasteiger partial charge is 0.316 e. The second-order valence-corrected chi connectivity index (χ2v) is 7.17. The molecule has 0 fully saturated rings. The first-order valence-corrected chi connectivity index (χ1v) is 8.00. The fraction of sp³-hybridized carbons (Fsp3) is 0.667. The lowest BCUT2D eigenvalue weighted by Gasteiger charge is -2.30. The van der Waals surface area contributed by atoms with Gasteiger partial charge in [0.1, 0.15) is 0 Å². The highest BCUT2D eigenvalue weighted by molar-refractivity contribution is 7.15. The summed E-state index contributed by atoms with van der Waals surface area (Å²) in [7, 11) is 0. The highest BCUT2D eigenvalue weighted by Crippen LogP contribution is 2.28. The smallest absolute Gasteiger partial charge is 0.193 e. The van der Waals surface area contributed by atoms with Crippen molar-refractivity contribution in [3.63, 3.8) is 0 Å². The van der Waals surface area contributed by atoms with Crippen LogP contribution in [0.3, 0.4) is 0 Å². The van der Waals surface area contributed by atoms with E-state index in [2.05, 4.69) is 55.2 Å². The molecule has 0 saturated carbocycles. The Hall–Kier alpha value is -0.870. The second-order valence-electron chi connectivity index (χ2n) is 6.30. The predicted octanol–water partition coefficient (Wildman–Crippen LogP) is 3.60. The molecular weight excluding hydrogens is 254 g/mol. The molecule has 1 N–H and O–H groups in total. The molecule has 0 aromatic carbocycles. The molecule has 0 bridgehead atoms. The van der Waals surface area contributed by atoms with Crippen molar-refractivity contribution in [3.8, 4) is 0 Å². The first kappa shape index (κ1) is 14.5. The number of rotatable bonds is 6. The van der Waals surface area contributed by atoms with E-state index in [0.29, 0.717) is 11.3 Å². The summed E-state index contributed by atoms with van der Waals surface area (Å²) in [5.41, 5.74) is 1.52. The van der Waals surface area contributed by atoms with Crippen LogP contribution >= 0.6 is 11.3 Å². The maximum Gasteiger partial charge on any atom is 0.193 e. The van der Waals surface area contributed by atoms with Gasteiger partial charge in [-0.05, 0) is 37.3 Å². The molecule has 0 radical (unpaired) electrons. The van der Waals surface area contributed by atoms with E-state index in [1.54, 1.807) is 11.3 Å². The van der Waals surface area contributed by atoms with Crippen LogP contribution in [0.1, 0.15) is 39.8 Å². The zero-order chi connectivity index (χ0) is 13.9. The molecular formula is C15H25N3S. The summed E-state index contributed by atoms with van der Waals surface area (Å²) in [5.74, 6) is 0.614. The maximum atomic E-state index is 4.71. The second kappa shape index (κ2) is 6.06. The lowest BCUT2D eigenvalue weighted by atomic mass is 9.78. The molecule has 2 rings (SSSR count). The topological polar surface area (TPSA) is 29.3 Å². The normalized spacial score (nSPS) is 14.1. The van der Waals surface area contributed by atoms with Gasteiger partial charge in [0.25, 0.3) is 0 Å². The Balaban J connectivity index is 2.04. The molecule has 3 nitrogen and oxygen atoms in total. The Morgan fingerprint density at radius 2 is 2.21 bits per heavy atom. The average Bonchev–Trinajstić information content (AvgIpc) is 2.86. The first-order chi connectivity index (χ1) is 9.00. The van der Waals surface area contributed by atoms with Crippen molar-refractivity contribution in [2.24, 2.45) is 11.3 Å². The van der Waals surface area contributed by atoms with Gasteiger partial charge in [-0.3, -0.25) is 4.40 Å². The van der Waals surface area contributed by atoms with E-state index >= 15 is 0 Å². The minimum absolute atomic E-state index is 0.303. The van der Waals surface area contributed by atoms with Crippen LogP contribution in [0.2, 0.25) is 0 Å². The predicted molar refractivity (Wildman–Crippen MR) is 82.9 cm³/mol. The average molecular weight is 279 g/mol.